The molecule has 3 aromatic rings. The molecule has 0 aliphatic heterocycles. The fourth-order valence-corrected chi connectivity index (χ4v) is 3.28. The molecule has 130 valence electrons. The minimum Gasteiger partial charge on any atom is -0.357 e. The molecule has 0 saturated carbocycles. The molecule has 0 aliphatic carbocycles. The smallest absolute Gasteiger partial charge is 0.191 e. The lowest BCUT2D eigenvalue weighted by molar-refractivity contribution is 0.788. The number of guanidine groups is 1. The fraction of sp³-hybridized carbons (Fsp3) is 0.316. The average molecular weight is 353 g/mol. The van der Waals surface area contributed by atoms with Gasteiger partial charge < -0.3 is 10.6 Å². The van der Waals surface area contributed by atoms with Crippen LogP contribution in [0.3, 0.4) is 0 Å². The molecule has 0 atom stereocenters. The van der Waals surface area contributed by atoms with Crippen LogP contribution < -0.4 is 10.6 Å². The van der Waals surface area contributed by atoms with Crippen LogP contribution in [0.5, 0.6) is 0 Å². The first kappa shape index (κ1) is 17.4. The van der Waals surface area contributed by atoms with Gasteiger partial charge in [0.1, 0.15) is 0 Å². The lowest BCUT2D eigenvalue weighted by Gasteiger charge is -2.11. The van der Waals surface area contributed by atoms with Crippen molar-refractivity contribution in [3.05, 3.63) is 58.3 Å². The van der Waals surface area contributed by atoms with Gasteiger partial charge in [0.2, 0.25) is 0 Å². The SMILES string of the molecule is CCNC(=NCc1nccc2ccccc12)NCCc1csc(C)n1. The monoisotopic (exact) mass is 353 g/mol. The second-order valence-corrected chi connectivity index (χ2v) is 6.77. The van der Waals surface area contributed by atoms with Crippen molar-refractivity contribution in [2.45, 2.75) is 26.8 Å². The summed E-state index contributed by atoms with van der Waals surface area (Å²) in [5.41, 5.74) is 2.12. The minimum atomic E-state index is 0.548. The number of thiazole rings is 1. The summed E-state index contributed by atoms with van der Waals surface area (Å²) in [4.78, 5) is 13.7. The Morgan fingerprint density at radius 2 is 2.08 bits per heavy atom. The van der Waals surface area contributed by atoms with Crippen LogP contribution in [-0.4, -0.2) is 29.0 Å². The highest BCUT2D eigenvalue weighted by atomic mass is 32.1. The van der Waals surface area contributed by atoms with Crippen LogP contribution >= 0.6 is 11.3 Å². The Bertz CT molecular complexity index is 850. The number of rotatable bonds is 6. The van der Waals surface area contributed by atoms with E-state index in [2.05, 4.69) is 50.0 Å². The van der Waals surface area contributed by atoms with E-state index in [1.807, 2.05) is 31.3 Å². The van der Waals surface area contributed by atoms with Crippen LogP contribution in [0.25, 0.3) is 10.8 Å². The molecule has 0 fully saturated rings. The van der Waals surface area contributed by atoms with Crippen molar-refractivity contribution in [3.8, 4) is 0 Å². The normalized spacial score (nSPS) is 11.7. The Morgan fingerprint density at radius 3 is 2.88 bits per heavy atom. The third kappa shape index (κ3) is 4.76. The van der Waals surface area contributed by atoms with Crippen molar-refractivity contribution in [2.75, 3.05) is 13.1 Å². The molecule has 25 heavy (non-hydrogen) atoms. The van der Waals surface area contributed by atoms with E-state index in [4.69, 9.17) is 0 Å². The standard InChI is InChI=1S/C19H23N5S/c1-3-20-19(22-11-9-16-13-25-14(2)24-16)23-12-18-17-7-5-4-6-15(17)8-10-21-18/h4-8,10,13H,3,9,11-12H2,1-2H3,(H2,20,22,23). The second kappa shape index (κ2) is 8.58. The highest BCUT2D eigenvalue weighted by molar-refractivity contribution is 7.09. The first-order valence-electron chi connectivity index (χ1n) is 8.52. The number of fused-ring (bicyclic) bond motifs is 1. The van der Waals surface area contributed by atoms with Gasteiger partial charge in [-0.05, 0) is 25.3 Å². The average Bonchev–Trinajstić information content (AvgIpc) is 3.05. The number of aryl methyl sites for hydroxylation is 1. The van der Waals surface area contributed by atoms with Crippen LogP contribution in [0.2, 0.25) is 0 Å². The molecule has 0 saturated heterocycles. The molecule has 0 aliphatic rings. The largest absolute Gasteiger partial charge is 0.357 e. The van der Waals surface area contributed by atoms with E-state index in [1.54, 1.807) is 11.3 Å². The number of benzene rings is 1. The van der Waals surface area contributed by atoms with Crippen molar-refractivity contribution >= 4 is 28.1 Å². The zero-order valence-corrected chi connectivity index (χ0v) is 15.4. The Labute approximate surface area is 152 Å². The lowest BCUT2D eigenvalue weighted by atomic mass is 10.1. The molecule has 6 heteroatoms. The first-order valence-corrected chi connectivity index (χ1v) is 9.40. The Balaban J connectivity index is 1.64. The van der Waals surface area contributed by atoms with Gasteiger partial charge in [-0.3, -0.25) is 4.98 Å². The molecule has 3 rings (SSSR count). The van der Waals surface area contributed by atoms with Gasteiger partial charge in [0.15, 0.2) is 5.96 Å². The fourth-order valence-electron chi connectivity index (χ4n) is 2.64. The molecular formula is C19H23N5S. The molecule has 0 radical (unpaired) electrons. The van der Waals surface area contributed by atoms with Gasteiger partial charge in [-0.15, -0.1) is 11.3 Å². The predicted molar refractivity (Wildman–Crippen MR) is 105 cm³/mol. The van der Waals surface area contributed by atoms with Gasteiger partial charge in [0, 0.05) is 36.5 Å². The lowest BCUT2D eigenvalue weighted by Crippen LogP contribution is -2.38. The summed E-state index contributed by atoms with van der Waals surface area (Å²) in [6, 6.07) is 10.3. The summed E-state index contributed by atoms with van der Waals surface area (Å²) in [5, 5.41) is 12.2. The second-order valence-electron chi connectivity index (χ2n) is 5.71. The molecule has 2 aromatic heterocycles. The Hall–Kier alpha value is -2.47. The summed E-state index contributed by atoms with van der Waals surface area (Å²) in [6.45, 7) is 6.27. The number of nitrogens with zero attached hydrogens (tertiary/aromatic N) is 3. The quantitative estimate of drug-likeness (QED) is 0.527. The zero-order valence-electron chi connectivity index (χ0n) is 14.6. The maximum Gasteiger partial charge on any atom is 0.191 e. The van der Waals surface area contributed by atoms with Gasteiger partial charge in [0.25, 0.3) is 0 Å². The summed E-state index contributed by atoms with van der Waals surface area (Å²) < 4.78 is 0. The van der Waals surface area contributed by atoms with Crippen molar-refractivity contribution in [3.63, 3.8) is 0 Å². The van der Waals surface area contributed by atoms with E-state index in [0.717, 1.165) is 47.3 Å². The molecule has 2 heterocycles. The van der Waals surface area contributed by atoms with E-state index < -0.39 is 0 Å². The number of pyridine rings is 1. The molecule has 0 amide bonds. The number of nitrogens with one attached hydrogen (secondary N) is 2. The maximum absolute atomic E-state index is 4.68. The predicted octanol–water partition coefficient (Wildman–Crippen LogP) is 3.30. The van der Waals surface area contributed by atoms with Crippen LogP contribution in [0.15, 0.2) is 46.9 Å². The van der Waals surface area contributed by atoms with Gasteiger partial charge in [0.05, 0.1) is 22.9 Å². The van der Waals surface area contributed by atoms with E-state index in [9.17, 15) is 0 Å². The van der Waals surface area contributed by atoms with Crippen molar-refractivity contribution in [1.82, 2.24) is 20.6 Å². The molecule has 2 N–H and O–H groups in total. The van der Waals surface area contributed by atoms with Crippen LogP contribution in [0, 0.1) is 6.92 Å². The zero-order chi connectivity index (χ0) is 17.5. The van der Waals surface area contributed by atoms with Gasteiger partial charge in [-0.25, -0.2) is 9.98 Å². The summed E-state index contributed by atoms with van der Waals surface area (Å²) >= 11 is 1.69. The summed E-state index contributed by atoms with van der Waals surface area (Å²) in [7, 11) is 0. The van der Waals surface area contributed by atoms with Gasteiger partial charge >= 0.3 is 0 Å². The minimum absolute atomic E-state index is 0.548. The maximum atomic E-state index is 4.68. The third-order valence-electron chi connectivity index (χ3n) is 3.83. The number of aromatic nitrogens is 2. The molecule has 1 aromatic carbocycles. The molecule has 0 unspecified atom stereocenters. The third-order valence-corrected chi connectivity index (χ3v) is 4.65. The van der Waals surface area contributed by atoms with Gasteiger partial charge in [-0.1, -0.05) is 24.3 Å². The number of aliphatic imine (C=N–C) groups is 1. The highest BCUT2D eigenvalue weighted by Gasteiger charge is 2.03. The Morgan fingerprint density at radius 1 is 1.20 bits per heavy atom. The van der Waals surface area contributed by atoms with E-state index in [-0.39, 0.29) is 0 Å². The van der Waals surface area contributed by atoms with Crippen molar-refractivity contribution < 1.29 is 0 Å². The van der Waals surface area contributed by atoms with E-state index in [1.165, 1.54) is 5.39 Å². The summed E-state index contributed by atoms with van der Waals surface area (Å²) in [6.07, 6.45) is 2.74. The molecule has 0 spiro atoms. The van der Waals surface area contributed by atoms with Crippen molar-refractivity contribution in [1.29, 1.82) is 0 Å². The topological polar surface area (TPSA) is 62.2 Å². The van der Waals surface area contributed by atoms with E-state index >= 15 is 0 Å². The molecular weight excluding hydrogens is 330 g/mol. The van der Waals surface area contributed by atoms with Gasteiger partial charge in [-0.2, -0.15) is 0 Å². The molecule has 0 bridgehead atoms. The van der Waals surface area contributed by atoms with Crippen LogP contribution in [-0.2, 0) is 13.0 Å². The first-order chi connectivity index (χ1) is 12.3. The number of hydrogen-bond donors (Lipinski definition) is 2. The Kier molecular flexibility index (Phi) is 5.95. The number of hydrogen-bond acceptors (Lipinski definition) is 4. The van der Waals surface area contributed by atoms with E-state index in [0.29, 0.717) is 6.54 Å². The summed E-state index contributed by atoms with van der Waals surface area (Å²) in [5.74, 6) is 0.809. The highest BCUT2D eigenvalue weighted by Crippen LogP contribution is 2.16. The van der Waals surface area contributed by atoms with Crippen molar-refractivity contribution in [2.24, 2.45) is 4.99 Å². The van der Waals surface area contributed by atoms with Crippen LogP contribution in [0.4, 0.5) is 0 Å². The van der Waals surface area contributed by atoms with Crippen LogP contribution in [0.1, 0.15) is 23.3 Å². The molecule has 5 nitrogen and oxygen atoms in total.